The molecule has 1 heterocycles. The number of nitrogens with one attached hydrogen (secondary N) is 1. The molecule has 1 aromatic heterocycles. The Labute approximate surface area is 79.2 Å². The number of hydrogen-bond donors (Lipinski definition) is 1. The quantitative estimate of drug-likeness (QED) is 0.700. The third-order valence-corrected chi connectivity index (χ3v) is 1.97. The second kappa shape index (κ2) is 4.68. The fraction of sp³-hybridized carbons (Fsp3) is 0.500. The number of aromatic nitrogens is 2. The van der Waals surface area contributed by atoms with Crippen molar-refractivity contribution in [1.29, 1.82) is 0 Å². The van der Waals surface area contributed by atoms with Crippen LogP contribution in [0.2, 0.25) is 0 Å². The molecule has 1 unspecified atom stereocenters. The summed E-state index contributed by atoms with van der Waals surface area (Å²) < 4.78 is 2.01. The molecular formula is C10H15N3. The molecule has 0 aliphatic rings. The van der Waals surface area contributed by atoms with E-state index in [1.54, 1.807) is 6.33 Å². The molecule has 0 radical (unpaired) electrons. The Hall–Kier alpha value is -1.27. The molecule has 3 heteroatoms. The van der Waals surface area contributed by atoms with Gasteiger partial charge in [0.1, 0.15) is 0 Å². The van der Waals surface area contributed by atoms with Crippen molar-refractivity contribution in [3.8, 4) is 11.8 Å². The average Bonchev–Trinajstić information content (AvgIpc) is 2.52. The molecule has 1 N–H and O–H groups in total. The molecule has 3 nitrogen and oxygen atoms in total. The van der Waals surface area contributed by atoms with Gasteiger partial charge in [0.05, 0.1) is 18.6 Å². The van der Waals surface area contributed by atoms with E-state index in [-0.39, 0.29) is 0 Å². The highest BCUT2D eigenvalue weighted by molar-refractivity contribution is 5.05. The van der Waals surface area contributed by atoms with Crippen LogP contribution in [0.4, 0.5) is 0 Å². The summed E-state index contributed by atoms with van der Waals surface area (Å²) in [6.07, 6.45) is 3.68. The van der Waals surface area contributed by atoms with Crippen molar-refractivity contribution < 1.29 is 0 Å². The molecule has 1 atom stereocenters. The van der Waals surface area contributed by atoms with Crippen molar-refractivity contribution in [2.45, 2.75) is 19.9 Å². The zero-order valence-electron chi connectivity index (χ0n) is 8.33. The Kier molecular flexibility index (Phi) is 3.53. The summed E-state index contributed by atoms with van der Waals surface area (Å²) in [5.74, 6) is 5.82. The summed E-state index contributed by atoms with van der Waals surface area (Å²) in [5, 5.41) is 3.29. The third-order valence-electron chi connectivity index (χ3n) is 1.97. The van der Waals surface area contributed by atoms with Gasteiger partial charge in [0.15, 0.2) is 0 Å². The molecule has 0 aliphatic carbocycles. The number of imidazole rings is 1. The van der Waals surface area contributed by atoms with E-state index < -0.39 is 0 Å². The molecule has 13 heavy (non-hydrogen) atoms. The Balaban J connectivity index is 2.52. The van der Waals surface area contributed by atoms with Crippen LogP contribution in [0.5, 0.6) is 0 Å². The number of aryl methyl sites for hydroxylation is 1. The van der Waals surface area contributed by atoms with Gasteiger partial charge in [0.2, 0.25) is 0 Å². The van der Waals surface area contributed by atoms with Gasteiger partial charge in [-0.1, -0.05) is 5.92 Å². The zero-order valence-corrected chi connectivity index (χ0v) is 8.33. The fourth-order valence-electron chi connectivity index (χ4n) is 1.18. The normalized spacial score (nSPS) is 11.9. The van der Waals surface area contributed by atoms with Gasteiger partial charge in [-0.15, -0.1) is 5.92 Å². The largest absolute Gasteiger partial charge is 0.336 e. The Bertz CT molecular complexity index is 316. The molecule has 0 aliphatic heterocycles. The van der Waals surface area contributed by atoms with E-state index >= 15 is 0 Å². The summed E-state index contributed by atoms with van der Waals surface area (Å²) in [6, 6.07) is 0.299. The van der Waals surface area contributed by atoms with Crippen LogP contribution in [0, 0.1) is 11.8 Å². The van der Waals surface area contributed by atoms with Gasteiger partial charge < -0.3 is 4.57 Å². The Morgan fingerprint density at radius 2 is 2.46 bits per heavy atom. The van der Waals surface area contributed by atoms with Gasteiger partial charge in [-0.3, -0.25) is 5.32 Å². The monoisotopic (exact) mass is 177 g/mol. The first kappa shape index (κ1) is 9.82. The Morgan fingerprint density at radius 1 is 1.69 bits per heavy atom. The minimum atomic E-state index is 0.299. The topological polar surface area (TPSA) is 29.9 Å². The van der Waals surface area contributed by atoms with Crippen molar-refractivity contribution in [2.75, 3.05) is 6.54 Å². The van der Waals surface area contributed by atoms with Crippen LogP contribution in [0.1, 0.15) is 25.6 Å². The van der Waals surface area contributed by atoms with Crippen molar-refractivity contribution in [3.05, 3.63) is 18.2 Å². The van der Waals surface area contributed by atoms with E-state index in [2.05, 4.69) is 29.1 Å². The lowest BCUT2D eigenvalue weighted by Crippen LogP contribution is -2.20. The zero-order chi connectivity index (χ0) is 9.68. The molecule has 0 bridgehead atoms. The molecule has 1 aromatic rings. The van der Waals surface area contributed by atoms with Gasteiger partial charge in [0.25, 0.3) is 0 Å². The summed E-state index contributed by atoms with van der Waals surface area (Å²) in [6.45, 7) is 4.67. The van der Waals surface area contributed by atoms with Crippen molar-refractivity contribution in [2.24, 2.45) is 7.05 Å². The van der Waals surface area contributed by atoms with Crippen molar-refractivity contribution in [1.82, 2.24) is 14.9 Å². The first-order valence-electron chi connectivity index (χ1n) is 4.35. The van der Waals surface area contributed by atoms with Crippen molar-refractivity contribution in [3.63, 3.8) is 0 Å². The summed E-state index contributed by atoms with van der Waals surface area (Å²) >= 11 is 0. The van der Waals surface area contributed by atoms with Crippen LogP contribution >= 0.6 is 0 Å². The van der Waals surface area contributed by atoms with Crippen molar-refractivity contribution >= 4 is 0 Å². The van der Waals surface area contributed by atoms with Crippen LogP contribution in [0.25, 0.3) is 0 Å². The molecule has 70 valence electrons. The fourth-order valence-corrected chi connectivity index (χ4v) is 1.18. The van der Waals surface area contributed by atoms with Gasteiger partial charge in [0, 0.05) is 19.3 Å². The summed E-state index contributed by atoms with van der Waals surface area (Å²) in [7, 11) is 1.99. The minimum Gasteiger partial charge on any atom is -0.336 e. The lowest BCUT2D eigenvalue weighted by atomic mass is 10.2. The van der Waals surface area contributed by atoms with E-state index in [1.165, 1.54) is 5.69 Å². The molecule has 0 spiro atoms. The van der Waals surface area contributed by atoms with Crippen LogP contribution in [-0.4, -0.2) is 16.1 Å². The molecule has 0 saturated carbocycles. The van der Waals surface area contributed by atoms with Gasteiger partial charge in [-0.25, -0.2) is 4.98 Å². The Morgan fingerprint density at radius 3 is 3.00 bits per heavy atom. The SMILES string of the molecule is CC#CCNC(C)c1cncn1C. The lowest BCUT2D eigenvalue weighted by molar-refractivity contribution is 0.583. The molecule has 0 fully saturated rings. The maximum atomic E-state index is 4.06. The molecular weight excluding hydrogens is 162 g/mol. The maximum Gasteiger partial charge on any atom is 0.0946 e. The van der Waals surface area contributed by atoms with E-state index in [0.29, 0.717) is 6.04 Å². The second-order valence-corrected chi connectivity index (χ2v) is 2.96. The standard InChI is InChI=1S/C10H15N3/c1-4-5-6-12-9(2)10-7-11-8-13(10)3/h7-9,12H,6H2,1-3H3. The highest BCUT2D eigenvalue weighted by atomic mass is 15.1. The first-order valence-corrected chi connectivity index (χ1v) is 4.35. The van der Waals surface area contributed by atoms with E-state index in [1.807, 2.05) is 24.7 Å². The van der Waals surface area contributed by atoms with E-state index in [9.17, 15) is 0 Å². The lowest BCUT2D eigenvalue weighted by Gasteiger charge is -2.11. The van der Waals surface area contributed by atoms with Crippen LogP contribution < -0.4 is 5.32 Å². The predicted molar refractivity (Wildman–Crippen MR) is 53.1 cm³/mol. The predicted octanol–water partition coefficient (Wildman–Crippen LogP) is 1.09. The van der Waals surface area contributed by atoms with Gasteiger partial charge >= 0.3 is 0 Å². The van der Waals surface area contributed by atoms with E-state index in [4.69, 9.17) is 0 Å². The molecule has 1 rings (SSSR count). The van der Waals surface area contributed by atoms with Crippen LogP contribution in [-0.2, 0) is 7.05 Å². The van der Waals surface area contributed by atoms with Gasteiger partial charge in [-0.2, -0.15) is 0 Å². The summed E-state index contributed by atoms with van der Waals surface area (Å²) in [5.41, 5.74) is 1.18. The van der Waals surface area contributed by atoms with Gasteiger partial charge in [-0.05, 0) is 13.8 Å². The molecule has 0 amide bonds. The highest BCUT2D eigenvalue weighted by Crippen LogP contribution is 2.08. The first-order chi connectivity index (χ1) is 6.25. The number of hydrogen-bond acceptors (Lipinski definition) is 2. The number of rotatable bonds is 3. The maximum absolute atomic E-state index is 4.06. The number of nitrogens with zero attached hydrogens (tertiary/aromatic N) is 2. The summed E-state index contributed by atoms with van der Waals surface area (Å²) in [4.78, 5) is 4.06. The highest BCUT2D eigenvalue weighted by Gasteiger charge is 2.06. The molecule has 0 aromatic carbocycles. The average molecular weight is 177 g/mol. The van der Waals surface area contributed by atoms with Crippen LogP contribution in [0.3, 0.4) is 0 Å². The second-order valence-electron chi connectivity index (χ2n) is 2.96. The molecule has 0 saturated heterocycles. The minimum absolute atomic E-state index is 0.299. The van der Waals surface area contributed by atoms with Crippen LogP contribution in [0.15, 0.2) is 12.5 Å². The third kappa shape index (κ3) is 2.60. The smallest absolute Gasteiger partial charge is 0.0946 e. The van der Waals surface area contributed by atoms with E-state index in [0.717, 1.165) is 6.54 Å².